The van der Waals surface area contributed by atoms with Gasteiger partial charge in [0.25, 0.3) is 0 Å². The van der Waals surface area contributed by atoms with E-state index in [2.05, 4.69) is 29.0 Å². The fourth-order valence-corrected chi connectivity index (χ4v) is 7.19. The van der Waals surface area contributed by atoms with Gasteiger partial charge in [-0.2, -0.15) is 0 Å². The third kappa shape index (κ3) is 4.07. The molecule has 3 aromatic rings. The Balaban J connectivity index is 1.39. The molecule has 6 rings (SSSR count). The molecule has 3 aliphatic rings. The van der Waals surface area contributed by atoms with Gasteiger partial charge in [-0.05, 0) is 55.7 Å². The number of fused-ring (bicyclic) bond motifs is 2. The van der Waals surface area contributed by atoms with E-state index in [1.807, 2.05) is 24.3 Å². The second-order valence-electron chi connectivity index (χ2n) is 9.94. The largest absolute Gasteiger partial charge is 0.314 e. The number of benzene rings is 1. The summed E-state index contributed by atoms with van der Waals surface area (Å²) in [6.45, 7) is 7.37. The summed E-state index contributed by atoms with van der Waals surface area (Å²) in [5.41, 5.74) is 3.90. The van der Waals surface area contributed by atoms with Crippen LogP contribution >= 0.6 is 34.5 Å². The van der Waals surface area contributed by atoms with Crippen molar-refractivity contribution in [1.82, 2.24) is 20.1 Å². The summed E-state index contributed by atoms with van der Waals surface area (Å²) in [5, 5.41) is 4.72. The van der Waals surface area contributed by atoms with Crippen molar-refractivity contribution >= 4 is 56.6 Å². The predicted octanol–water partition coefficient (Wildman–Crippen LogP) is 4.96. The van der Waals surface area contributed by atoms with Crippen LogP contribution in [0.4, 0.5) is 0 Å². The maximum atomic E-state index is 12.5. The van der Waals surface area contributed by atoms with Gasteiger partial charge >= 0.3 is 0 Å². The number of rotatable bonds is 5. The molecule has 35 heavy (non-hydrogen) atoms. The minimum absolute atomic E-state index is 0.0335. The molecule has 4 atom stereocenters. The molecule has 6 nitrogen and oxygen atoms in total. The molecule has 2 aliphatic heterocycles. The average molecular weight is 529 g/mol. The lowest BCUT2D eigenvalue weighted by Crippen LogP contribution is -2.54. The Morgan fingerprint density at radius 1 is 1.03 bits per heavy atom. The van der Waals surface area contributed by atoms with Crippen molar-refractivity contribution in [3.05, 3.63) is 50.9 Å². The zero-order chi connectivity index (χ0) is 24.4. The number of pyridine rings is 1. The highest BCUT2D eigenvalue weighted by atomic mass is 35.5. The van der Waals surface area contributed by atoms with E-state index in [1.54, 1.807) is 17.5 Å². The number of nitrogens with one attached hydrogen (secondary N) is 1. The molecule has 1 aliphatic carbocycles. The van der Waals surface area contributed by atoms with Gasteiger partial charge in [0.1, 0.15) is 0 Å². The van der Waals surface area contributed by atoms with Crippen LogP contribution in [0.15, 0.2) is 30.5 Å². The van der Waals surface area contributed by atoms with Gasteiger partial charge in [-0.1, -0.05) is 23.2 Å². The molecule has 2 aromatic heterocycles. The maximum Gasteiger partial charge on any atom is 0.233 e. The van der Waals surface area contributed by atoms with Crippen molar-refractivity contribution in [2.45, 2.75) is 45.4 Å². The number of halogens is 2. The average Bonchev–Trinajstić information content (AvgIpc) is 3.45. The van der Waals surface area contributed by atoms with Crippen LogP contribution < -0.4 is 5.32 Å². The number of piperidine rings is 1. The molecule has 0 radical (unpaired) electrons. The first-order valence-corrected chi connectivity index (χ1v) is 13.6. The summed E-state index contributed by atoms with van der Waals surface area (Å²) in [7, 11) is 0. The van der Waals surface area contributed by atoms with Crippen molar-refractivity contribution in [3.63, 3.8) is 0 Å². The van der Waals surface area contributed by atoms with E-state index in [1.165, 1.54) is 4.90 Å². The number of imide groups is 1. The summed E-state index contributed by atoms with van der Waals surface area (Å²) < 4.78 is 1.01. The fourth-order valence-electron chi connectivity index (χ4n) is 5.51. The highest BCUT2D eigenvalue weighted by Crippen LogP contribution is 2.48. The standard InChI is InChI=1S/C26H26Cl2N4O2S/c1-13-9-29-10-14(2)31(13)12-21-18(5-15(27)6-22(21)28)17-3-4-30-23-7-16(35-24(17)23)11-32-25(33)19-8-20(19)26(32)34/h3-7,13-14,19-20,29H,8-12H2,1-2H3/t13-,14-,19?,20?/m0/s1. The normalized spacial score (nSPS) is 26.6. The first-order valence-electron chi connectivity index (χ1n) is 12.0. The van der Waals surface area contributed by atoms with Crippen molar-refractivity contribution in [1.29, 1.82) is 0 Å². The van der Waals surface area contributed by atoms with Crippen molar-refractivity contribution in [2.24, 2.45) is 11.8 Å². The van der Waals surface area contributed by atoms with Crippen molar-refractivity contribution in [3.8, 4) is 11.1 Å². The summed E-state index contributed by atoms with van der Waals surface area (Å²) >= 11 is 14.9. The molecular formula is C26H26Cl2N4O2S. The topological polar surface area (TPSA) is 65.5 Å². The van der Waals surface area contributed by atoms with E-state index in [0.717, 1.165) is 57.8 Å². The van der Waals surface area contributed by atoms with Gasteiger partial charge in [-0.15, -0.1) is 11.3 Å². The number of thiophene rings is 1. The molecule has 1 aromatic carbocycles. The molecule has 3 fully saturated rings. The van der Waals surface area contributed by atoms with Gasteiger partial charge in [0.15, 0.2) is 0 Å². The first kappa shape index (κ1) is 23.4. The summed E-state index contributed by atoms with van der Waals surface area (Å²) in [5.74, 6) is -0.240. The Labute approximate surface area is 218 Å². The Kier molecular flexibility index (Phi) is 5.89. The number of aromatic nitrogens is 1. The van der Waals surface area contributed by atoms with Crippen LogP contribution in [0.1, 0.15) is 30.7 Å². The second-order valence-corrected chi connectivity index (χ2v) is 11.9. The van der Waals surface area contributed by atoms with Gasteiger partial charge in [-0.3, -0.25) is 24.4 Å². The van der Waals surface area contributed by atoms with Gasteiger partial charge in [0.2, 0.25) is 11.8 Å². The van der Waals surface area contributed by atoms with E-state index in [-0.39, 0.29) is 23.7 Å². The molecule has 2 saturated heterocycles. The molecule has 1 saturated carbocycles. The van der Waals surface area contributed by atoms with Crippen LogP contribution in [0, 0.1) is 11.8 Å². The number of nitrogens with zero attached hydrogens (tertiary/aromatic N) is 3. The SMILES string of the molecule is C[C@H]1CNC[C@H](C)N1Cc1c(Cl)cc(Cl)cc1-c1ccnc2cc(CN3C(=O)C4CC4C3=O)sc12. The predicted molar refractivity (Wildman–Crippen MR) is 140 cm³/mol. The number of piperazine rings is 1. The minimum Gasteiger partial charge on any atom is -0.314 e. The van der Waals surface area contributed by atoms with Crippen molar-refractivity contribution < 1.29 is 9.59 Å². The molecule has 4 heterocycles. The lowest BCUT2D eigenvalue weighted by molar-refractivity contribution is -0.141. The smallest absolute Gasteiger partial charge is 0.233 e. The van der Waals surface area contributed by atoms with Crippen LogP contribution in [0.5, 0.6) is 0 Å². The summed E-state index contributed by atoms with van der Waals surface area (Å²) in [6.07, 6.45) is 2.51. The quantitative estimate of drug-likeness (QED) is 0.474. The van der Waals surface area contributed by atoms with E-state index in [0.29, 0.717) is 28.7 Å². The fraction of sp³-hybridized carbons (Fsp3) is 0.423. The second kappa shape index (κ2) is 8.82. The Morgan fingerprint density at radius 2 is 1.74 bits per heavy atom. The number of carbonyl (C=O) groups is 2. The van der Waals surface area contributed by atoms with Crippen LogP contribution in [-0.4, -0.2) is 51.8 Å². The van der Waals surface area contributed by atoms with E-state index >= 15 is 0 Å². The molecule has 0 spiro atoms. The third-order valence-electron chi connectivity index (χ3n) is 7.54. The van der Waals surface area contributed by atoms with Crippen molar-refractivity contribution in [2.75, 3.05) is 13.1 Å². The highest BCUT2D eigenvalue weighted by Gasteiger charge is 2.58. The zero-order valence-corrected chi connectivity index (χ0v) is 21.9. The molecule has 0 bridgehead atoms. The third-order valence-corrected chi connectivity index (χ3v) is 9.23. The van der Waals surface area contributed by atoms with E-state index in [9.17, 15) is 9.59 Å². The van der Waals surface area contributed by atoms with E-state index in [4.69, 9.17) is 23.2 Å². The number of carbonyl (C=O) groups excluding carboxylic acids is 2. The zero-order valence-electron chi connectivity index (χ0n) is 19.6. The Morgan fingerprint density at radius 3 is 2.46 bits per heavy atom. The first-order chi connectivity index (χ1) is 16.8. The lowest BCUT2D eigenvalue weighted by Gasteiger charge is -2.40. The van der Waals surface area contributed by atoms with Gasteiger partial charge in [0, 0.05) is 58.4 Å². The number of amides is 2. The van der Waals surface area contributed by atoms with Gasteiger partial charge in [-0.25, -0.2) is 0 Å². The monoisotopic (exact) mass is 528 g/mol. The number of hydrogen-bond acceptors (Lipinski definition) is 6. The maximum absolute atomic E-state index is 12.5. The Bertz CT molecular complexity index is 1330. The van der Waals surface area contributed by atoms with Crippen LogP contribution in [0.3, 0.4) is 0 Å². The lowest BCUT2D eigenvalue weighted by atomic mass is 9.98. The molecule has 1 N–H and O–H groups in total. The summed E-state index contributed by atoms with van der Waals surface area (Å²) in [4.78, 5) is 34.4. The highest BCUT2D eigenvalue weighted by molar-refractivity contribution is 7.19. The molecule has 182 valence electrons. The number of hydrogen-bond donors (Lipinski definition) is 1. The van der Waals surface area contributed by atoms with Crippen LogP contribution in [0.25, 0.3) is 21.3 Å². The van der Waals surface area contributed by atoms with Gasteiger partial charge in [0.05, 0.1) is 28.6 Å². The molecule has 2 unspecified atom stereocenters. The van der Waals surface area contributed by atoms with Crippen LogP contribution in [-0.2, 0) is 22.7 Å². The Hall–Kier alpha value is -2.03. The van der Waals surface area contributed by atoms with E-state index < -0.39 is 0 Å². The van der Waals surface area contributed by atoms with Gasteiger partial charge < -0.3 is 5.32 Å². The number of likely N-dealkylation sites (tertiary alicyclic amines) is 1. The minimum atomic E-state index is -0.0866. The molecule has 2 amide bonds. The van der Waals surface area contributed by atoms with Crippen LogP contribution in [0.2, 0.25) is 10.0 Å². The molecule has 9 heteroatoms. The molecular weight excluding hydrogens is 503 g/mol. The summed E-state index contributed by atoms with van der Waals surface area (Å²) in [6, 6.07) is 8.54.